The second kappa shape index (κ2) is 4.70. The Bertz CT molecular complexity index is 598. The molecular weight excluding hydrogens is 238 g/mol. The van der Waals surface area contributed by atoms with Gasteiger partial charge in [0.25, 0.3) is 0 Å². The SMILES string of the molecule is NC1(C(=O)NCCc2c[nH]c3ccccc23)CCC1. The number of nitrogens with two attached hydrogens (primary N) is 1. The van der Waals surface area contributed by atoms with E-state index < -0.39 is 5.54 Å². The highest BCUT2D eigenvalue weighted by Crippen LogP contribution is 2.29. The van der Waals surface area contributed by atoms with Crippen molar-refractivity contribution in [2.75, 3.05) is 6.54 Å². The van der Waals surface area contributed by atoms with Gasteiger partial charge < -0.3 is 16.0 Å². The van der Waals surface area contributed by atoms with Crippen LogP contribution in [0.3, 0.4) is 0 Å². The number of fused-ring (bicyclic) bond motifs is 1. The van der Waals surface area contributed by atoms with Crippen LogP contribution in [0.25, 0.3) is 10.9 Å². The molecule has 4 heteroatoms. The van der Waals surface area contributed by atoms with Crippen LogP contribution in [-0.4, -0.2) is 23.0 Å². The van der Waals surface area contributed by atoms with E-state index >= 15 is 0 Å². The second-order valence-corrected chi connectivity index (χ2v) is 5.38. The lowest BCUT2D eigenvalue weighted by molar-refractivity contribution is -0.129. The maximum Gasteiger partial charge on any atom is 0.240 e. The molecule has 0 radical (unpaired) electrons. The number of hydrogen-bond acceptors (Lipinski definition) is 2. The normalized spacial score (nSPS) is 17.1. The summed E-state index contributed by atoms with van der Waals surface area (Å²) in [7, 11) is 0. The molecule has 0 unspecified atom stereocenters. The zero-order valence-corrected chi connectivity index (χ0v) is 10.9. The monoisotopic (exact) mass is 257 g/mol. The number of carbonyl (C=O) groups excluding carboxylic acids is 1. The number of aromatic nitrogens is 1. The molecule has 0 bridgehead atoms. The standard InChI is InChI=1S/C15H19N3O/c16-15(7-3-8-15)14(19)17-9-6-11-10-18-13-5-2-1-4-12(11)13/h1-2,4-5,10,18H,3,6-9,16H2,(H,17,19). The highest BCUT2D eigenvalue weighted by molar-refractivity contribution is 5.87. The molecule has 0 saturated heterocycles. The van der Waals surface area contributed by atoms with Crippen molar-refractivity contribution in [3.8, 4) is 0 Å². The molecule has 1 heterocycles. The van der Waals surface area contributed by atoms with Crippen LogP contribution in [0.4, 0.5) is 0 Å². The molecule has 19 heavy (non-hydrogen) atoms. The molecule has 0 aliphatic heterocycles. The second-order valence-electron chi connectivity index (χ2n) is 5.38. The number of rotatable bonds is 4. The number of H-pyrrole nitrogens is 1. The zero-order chi connectivity index (χ0) is 13.3. The van der Waals surface area contributed by atoms with Crippen molar-refractivity contribution >= 4 is 16.8 Å². The summed E-state index contributed by atoms with van der Waals surface area (Å²) in [4.78, 5) is 15.1. The van der Waals surface area contributed by atoms with E-state index in [-0.39, 0.29) is 5.91 Å². The van der Waals surface area contributed by atoms with Crippen LogP contribution in [0.15, 0.2) is 30.5 Å². The van der Waals surface area contributed by atoms with E-state index in [2.05, 4.69) is 22.4 Å². The lowest BCUT2D eigenvalue weighted by atomic mass is 9.77. The summed E-state index contributed by atoms with van der Waals surface area (Å²) in [6.45, 7) is 0.639. The van der Waals surface area contributed by atoms with Gasteiger partial charge in [-0.1, -0.05) is 18.2 Å². The average molecular weight is 257 g/mol. The van der Waals surface area contributed by atoms with Crippen molar-refractivity contribution in [2.24, 2.45) is 5.73 Å². The molecule has 4 N–H and O–H groups in total. The van der Waals surface area contributed by atoms with Gasteiger partial charge in [-0.25, -0.2) is 0 Å². The molecule has 1 aliphatic carbocycles. The number of nitrogens with one attached hydrogen (secondary N) is 2. The van der Waals surface area contributed by atoms with E-state index in [1.165, 1.54) is 10.9 Å². The third-order valence-corrected chi connectivity index (χ3v) is 4.05. The van der Waals surface area contributed by atoms with Crippen LogP contribution in [0.2, 0.25) is 0 Å². The Balaban J connectivity index is 1.59. The highest BCUT2D eigenvalue weighted by atomic mass is 16.2. The predicted octanol–water partition coefficient (Wildman–Crippen LogP) is 1.71. The van der Waals surface area contributed by atoms with Gasteiger partial charge in [-0.2, -0.15) is 0 Å². The summed E-state index contributed by atoms with van der Waals surface area (Å²) in [5, 5.41) is 4.18. The zero-order valence-electron chi connectivity index (χ0n) is 10.9. The third-order valence-electron chi connectivity index (χ3n) is 4.05. The molecular formula is C15H19N3O. The Labute approximate surface area is 112 Å². The van der Waals surface area contributed by atoms with E-state index in [0.717, 1.165) is 31.2 Å². The minimum Gasteiger partial charge on any atom is -0.361 e. The van der Waals surface area contributed by atoms with Crippen molar-refractivity contribution in [3.05, 3.63) is 36.0 Å². The van der Waals surface area contributed by atoms with Gasteiger partial charge in [0.2, 0.25) is 5.91 Å². The van der Waals surface area contributed by atoms with Crippen LogP contribution in [0.5, 0.6) is 0 Å². The minimum atomic E-state index is -0.597. The van der Waals surface area contributed by atoms with Crippen molar-refractivity contribution in [2.45, 2.75) is 31.2 Å². The van der Waals surface area contributed by atoms with Crippen molar-refractivity contribution in [3.63, 3.8) is 0 Å². The molecule has 1 fully saturated rings. The van der Waals surface area contributed by atoms with E-state index in [0.29, 0.717) is 6.54 Å². The lowest BCUT2D eigenvalue weighted by Gasteiger charge is -2.36. The fourth-order valence-corrected chi connectivity index (χ4v) is 2.61. The third kappa shape index (κ3) is 2.24. The lowest BCUT2D eigenvalue weighted by Crippen LogP contribution is -2.58. The van der Waals surface area contributed by atoms with E-state index in [1.807, 2.05) is 18.3 Å². The summed E-state index contributed by atoms with van der Waals surface area (Å²) in [6, 6.07) is 8.20. The molecule has 4 nitrogen and oxygen atoms in total. The number of para-hydroxylation sites is 1. The van der Waals surface area contributed by atoms with Gasteiger partial charge in [-0.3, -0.25) is 4.79 Å². The molecule has 3 rings (SSSR count). The fourth-order valence-electron chi connectivity index (χ4n) is 2.61. The Kier molecular flexibility index (Phi) is 3.03. The predicted molar refractivity (Wildman–Crippen MR) is 75.8 cm³/mol. The van der Waals surface area contributed by atoms with Gasteiger partial charge in [-0.05, 0) is 37.3 Å². The summed E-state index contributed by atoms with van der Waals surface area (Å²) in [6.07, 6.45) is 5.52. The van der Waals surface area contributed by atoms with Crippen molar-refractivity contribution in [1.29, 1.82) is 0 Å². The first-order valence-corrected chi connectivity index (χ1v) is 6.81. The van der Waals surface area contributed by atoms with Crippen LogP contribution in [0.1, 0.15) is 24.8 Å². The molecule has 1 saturated carbocycles. The van der Waals surface area contributed by atoms with Crippen molar-refractivity contribution < 1.29 is 4.79 Å². The highest BCUT2D eigenvalue weighted by Gasteiger charge is 2.39. The molecule has 1 aliphatic rings. The Morgan fingerprint density at radius 1 is 1.37 bits per heavy atom. The summed E-state index contributed by atoms with van der Waals surface area (Å²) in [5.41, 5.74) is 7.75. The van der Waals surface area contributed by atoms with Crippen LogP contribution in [0, 0.1) is 0 Å². The molecule has 1 aromatic carbocycles. The summed E-state index contributed by atoms with van der Waals surface area (Å²) in [5.74, 6) is -0.00130. The van der Waals surface area contributed by atoms with Gasteiger partial charge in [-0.15, -0.1) is 0 Å². The number of hydrogen-bond donors (Lipinski definition) is 3. The largest absolute Gasteiger partial charge is 0.361 e. The number of aromatic amines is 1. The molecule has 1 amide bonds. The Hall–Kier alpha value is -1.81. The quantitative estimate of drug-likeness (QED) is 0.780. The number of benzene rings is 1. The Morgan fingerprint density at radius 3 is 2.89 bits per heavy atom. The molecule has 0 spiro atoms. The van der Waals surface area contributed by atoms with Gasteiger partial charge in [0.1, 0.15) is 0 Å². The minimum absolute atomic E-state index is 0.00130. The molecule has 2 aromatic rings. The maximum absolute atomic E-state index is 11.9. The molecule has 0 atom stereocenters. The van der Waals surface area contributed by atoms with E-state index in [4.69, 9.17) is 5.73 Å². The smallest absolute Gasteiger partial charge is 0.240 e. The number of amides is 1. The maximum atomic E-state index is 11.9. The summed E-state index contributed by atoms with van der Waals surface area (Å²) < 4.78 is 0. The first-order chi connectivity index (χ1) is 9.19. The van der Waals surface area contributed by atoms with Crippen LogP contribution < -0.4 is 11.1 Å². The molecule has 100 valence electrons. The summed E-state index contributed by atoms with van der Waals surface area (Å²) >= 11 is 0. The first-order valence-electron chi connectivity index (χ1n) is 6.81. The van der Waals surface area contributed by atoms with Crippen LogP contribution in [-0.2, 0) is 11.2 Å². The average Bonchev–Trinajstić information content (AvgIpc) is 2.79. The van der Waals surface area contributed by atoms with E-state index in [1.54, 1.807) is 0 Å². The Morgan fingerprint density at radius 2 is 2.16 bits per heavy atom. The van der Waals surface area contributed by atoms with Crippen molar-refractivity contribution in [1.82, 2.24) is 10.3 Å². The topological polar surface area (TPSA) is 70.9 Å². The van der Waals surface area contributed by atoms with Crippen LogP contribution >= 0.6 is 0 Å². The van der Waals surface area contributed by atoms with Gasteiger partial charge in [0, 0.05) is 23.6 Å². The number of carbonyl (C=O) groups is 1. The van der Waals surface area contributed by atoms with Gasteiger partial charge >= 0.3 is 0 Å². The fraction of sp³-hybridized carbons (Fsp3) is 0.400. The first kappa shape index (κ1) is 12.2. The molecule has 1 aromatic heterocycles. The van der Waals surface area contributed by atoms with E-state index in [9.17, 15) is 4.79 Å². The van der Waals surface area contributed by atoms with Gasteiger partial charge in [0.05, 0.1) is 5.54 Å². The van der Waals surface area contributed by atoms with Gasteiger partial charge in [0.15, 0.2) is 0 Å².